The Morgan fingerprint density at radius 1 is 1.42 bits per heavy atom. The number of halogens is 4. The zero-order valence-corrected chi connectivity index (χ0v) is 10.5. The summed E-state index contributed by atoms with van der Waals surface area (Å²) < 4.78 is 38.0. The van der Waals surface area contributed by atoms with Gasteiger partial charge >= 0.3 is 6.18 Å². The van der Waals surface area contributed by atoms with Crippen molar-refractivity contribution in [1.82, 2.24) is 5.32 Å². The van der Waals surface area contributed by atoms with E-state index in [4.69, 9.17) is 16.7 Å². The third-order valence-corrected chi connectivity index (χ3v) is 3.41. The van der Waals surface area contributed by atoms with E-state index in [0.717, 1.165) is 12.1 Å². The highest BCUT2D eigenvalue weighted by Crippen LogP contribution is 2.49. The van der Waals surface area contributed by atoms with Gasteiger partial charge in [0.15, 0.2) is 0 Å². The van der Waals surface area contributed by atoms with E-state index in [1.54, 1.807) is 0 Å². The Morgan fingerprint density at radius 3 is 2.53 bits per heavy atom. The second-order valence-corrected chi connectivity index (χ2v) is 4.89. The molecular formula is C12H11ClF3NO2. The minimum absolute atomic E-state index is 0.170. The number of hydrogen-bond donors (Lipinski definition) is 2. The van der Waals surface area contributed by atoms with E-state index >= 15 is 0 Å². The summed E-state index contributed by atoms with van der Waals surface area (Å²) in [6.45, 7) is -0.710. The Morgan fingerprint density at radius 2 is 2.05 bits per heavy atom. The van der Waals surface area contributed by atoms with Crippen LogP contribution in [0.1, 0.15) is 24.0 Å². The Hall–Kier alpha value is -1.27. The molecule has 0 unspecified atom stereocenters. The number of aliphatic hydroxyl groups is 1. The molecule has 0 bridgehead atoms. The molecule has 1 aliphatic rings. The summed E-state index contributed by atoms with van der Waals surface area (Å²) in [5.74, 6) is -0.633. The van der Waals surface area contributed by atoms with Crippen LogP contribution in [0.25, 0.3) is 0 Å². The average molecular weight is 294 g/mol. The van der Waals surface area contributed by atoms with E-state index in [0.29, 0.717) is 12.8 Å². The molecule has 1 amide bonds. The minimum Gasteiger partial charge on any atom is -0.387 e. The monoisotopic (exact) mass is 293 g/mol. The van der Waals surface area contributed by atoms with Gasteiger partial charge in [-0.15, -0.1) is 0 Å². The standard InChI is InChI=1S/C12H11ClF3NO2/c13-9-2-1-7(12(14,15)16)5-8(9)11(3-4-11)17-10(19)6-18/h1-2,5,18H,3-4,6H2,(H,17,19). The molecule has 0 heterocycles. The summed E-state index contributed by atoms with van der Waals surface area (Å²) in [4.78, 5) is 11.2. The van der Waals surface area contributed by atoms with Gasteiger partial charge < -0.3 is 10.4 Å². The topological polar surface area (TPSA) is 49.3 Å². The van der Waals surface area contributed by atoms with E-state index in [1.807, 2.05) is 0 Å². The van der Waals surface area contributed by atoms with Crippen molar-refractivity contribution in [2.24, 2.45) is 0 Å². The Labute approximate surface area is 112 Å². The molecule has 1 saturated carbocycles. The SMILES string of the molecule is O=C(CO)NC1(c2cc(C(F)(F)F)ccc2Cl)CC1. The highest BCUT2D eigenvalue weighted by atomic mass is 35.5. The lowest BCUT2D eigenvalue weighted by Crippen LogP contribution is -2.37. The number of rotatable bonds is 3. The van der Waals surface area contributed by atoms with Gasteiger partial charge in [-0.25, -0.2) is 0 Å². The molecule has 104 valence electrons. The van der Waals surface area contributed by atoms with E-state index in [9.17, 15) is 18.0 Å². The van der Waals surface area contributed by atoms with Gasteiger partial charge in [0.2, 0.25) is 5.91 Å². The smallest absolute Gasteiger partial charge is 0.387 e. The number of carbonyl (C=O) groups excluding carboxylic acids is 1. The van der Waals surface area contributed by atoms with Crippen molar-refractivity contribution in [1.29, 1.82) is 0 Å². The summed E-state index contributed by atoms with van der Waals surface area (Å²) in [5, 5.41) is 11.4. The van der Waals surface area contributed by atoms with Crippen LogP contribution in [0.4, 0.5) is 13.2 Å². The largest absolute Gasteiger partial charge is 0.416 e. The molecule has 1 aromatic rings. The Bertz CT molecular complexity index is 512. The second-order valence-electron chi connectivity index (χ2n) is 4.48. The fourth-order valence-electron chi connectivity index (χ4n) is 1.96. The van der Waals surface area contributed by atoms with Crippen molar-refractivity contribution >= 4 is 17.5 Å². The highest BCUT2D eigenvalue weighted by molar-refractivity contribution is 6.31. The van der Waals surface area contributed by atoms with Crippen molar-refractivity contribution in [2.75, 3.05) is 6.61 Å². The van der Waals surface area contributed by atoms with E-state index in [-0.39, 0.29) is 10.6 Å². The molecule has 3 nitrogen and oxygen atoms in total. The molecule has 0 radical (unpaired) electrons. The third-order valence-electron chi connectivity index (χ3n) is 3.08. The quantitative estimate of drug-likeness (QED) is 0.899. The number of amides is 1. The molecule has 1 aromatic carbocycles. The predicted molar refractivity (Wildman–Crippen MR) is 62.6 cm³/mol. The molecule has 1 aliphatic carbocycles. The van der Waals surface area contributed by atoms with Crippen molar-refractivity contribution in [3.8, 4) is 0 Å². The maximum Gasteiger partial charge on any atom is 0.416 e. The van der Waals surface area contributed by atoms with Gasteiger partial charge in [0.1, 0.15) is 6.61 Å². The van der Waals surface area contributed by atoms with E-state index < -0.39 is 29.8 Å². The lowest BCUT2D eigenvalue weighted by atomic mass is 10.0. The van der Waals surface area contributed by atoms with Crippen LogP contribution in [-0.4, -0.2) is 17.6 Å². The van der Waals surface area contributed by atoms with Gasteiger partial charge in [0.05, 0.1) is 11.1 Å². The lowest BCUT2D eigenvalue weighted by molar-refractivity contribution is -0.137. The number of benzene rings is 1. The normalized spacial score (nSPS) is 17.1. The molecule has 1 fully saturated rings. The molecule has 19 heavy (non-hydrogen) atoms. The summed E-state index contributed by atoms with van der Waals surface area (Å²) >= 11 is 5.92. The maximum atomic E-state index is 12.7. The summed E-state index contributed by atoms with van der Waals surface area (Å²) in [6, 6.07) is 3.02. The molecule has 0 saturated heterocycles. The van der Waals surface area contributed by atoms with Crippen LogP contribution in [0.5, 0.6) is 0 Å². The fraction of sp³-hybridized carbons (Fsp3) is 0.417. The number of aliphatic hydroxyl groups excluding tert-OH is 1. The minimum atomic E-state index is -4.46. The average Bonchev–Trinajstić information content (AvgIpc) is 3.08. The summed E-state index contributed by atoms with van der Waals surface area (Å²) in [5.41, 5.74) is -1.44. The Kier molecular flexibility index (Phi) is 3.49. The van der Waals surface area contributed by atoms with Gasteiger partial charge in [0, 0.05) is 5.02 Å². The first-order chi connectivity index (χ1) is 8.78. The molecule has 0 aromatic heterocycles. The molecular weight excluding hydrogens is 283 g/mol. The van der Waals surface area contributed by atoms with Crippen LogP contribution in [-0.2, 0) is 16.5 Å². The summed E-state index contributed by atoms with van der Waals surface area (Å²) in [6.07, 6.45) is -3.46. The third kappa shape index (κ3) is 2.84. The summed E-state index contributed by atoms with van der Waals surface area (Å²) in [7, 11) is 0. The molecule has 0 aliphatic heterocycles. The van der Waals surface area contributed by atoms with Gasteiger partial charge in [-0.3, -0.25) is 4.79 Å². The molecule has 7 heteroatoms. The van der Waals surface area contributed by atoms with Crippen LogP contribution in [0.3, 0.4) is 0 Å². The fourth-order valence-corrected chi connectivity index (χ4v) is 2.26. The van der Waals surface area contributed by atoms with Gasteiger partial charge in [-0.1, -0.05) is 11.6 Å². The first kappa shape index (κ1) is 14.1. The van der Waals surface area contributed by atoms with Crippen LogP contribution in [0.2, 0.25) is 5.02 Å². The molecule has 2 N–H and O–H groups in total. The second kappa shape index (κ2) is 4.68. The Balaban J connectivity index is 2.37. The van der Waals surface area contributed by atoms with Crippen molar-refractivity contribution in [2.45, 2.75) is 24.6 Å². The predicted octanol–water partition coefficient (Wildman–Crippen LogP) is 2.46. The molecule has 0 atom stereocenters. The van der Waals surface area contributed by atoms with Crippen LogP contribution in [0, 0.1) is 0 Å². The van der Waals surface area contributed by atoms with Crippen molar-refractivity contribution in [3.05, 3.63) is 34.3 Å². The van der Waals surface area contributed by atoms with Crippen LogP contribution in [0.15, 0.2) is 18.2 Å². The number of hydrogen-bond acceptors (Lipinski definition) is 2. The number of alkyl halides is 3. The zero-order chi connectivity index (χ0) is 14.3. The van der Waals surface area contributed by atoms with Crippen molar-refractivity contribution in [3.63, 3.8) is 0 Å². The molecule has 2 rings (SSSR count). The van der Waals surface area contributed by atoms with Gasteiger partial charge in [-0.2, -0.15) is 13.2 Å². The maximum absolute atomic E-state index is 12.7. The van der Waals surface area contributed by atoms with Crippen LogP contribution < -0.4 is 5.32 Å². The van der Waals surface area contributed by atoms with E-state index in [2.05, 4.69) is 5.32 Å². The first-order valence-electron chi connectivity index (χ1n) is 5.57. The van der Waals surface area contributed by atoms with Crippen LogP contribution >= 0.6 is 11.6 Å². The first-order valence-corrected chi connectivity index (χ1v) is 5.95. The van der Waals surface area contributed by atoms with Gasteiger partial charge in [-0.05, 0) is 36.6 Å². The number of carbonyl (C=O) groups is 1. The highest BCUT2D eigenvalue weighted by Gasteiger charge is 2.47. The number of nitrogens with one attached hydrogen (secondary N) is 1. The van der Waals surface area contributed by atoms with Gasteiger partial charge in [0.25, 0.3) is 0 Å². The lowest BCUT2D eigenvalue weighted by Gasteiger charge is -2.20. The van der Waals surface area contributed by atoms with E-state index in [1.165, 1.54) is 6.07 Å². The zero-order valence-electron chi connectivity index (χ0n) is 9.72. The molecule has 0 spiro atoms. The van der Waals surface area contributed by atoms with Crippen molar-refractivity contribution < 1.29 is 23.1 Å².